The van der Waals surface area contributed by atoms with E-state index in [1.807, 2.05) is 9.80 Å². The van der Waals surface area contributed by atoms with Crippen molar-refractivity contribution < 1.29 is 14.3 Å². The molecular formula is C21H27N3O3. The van der Waals surface area contributed by atoms with Gasteiger partial charge in [-0.1, -0.05) is 26.2 Å². The third-order valence-electron chi connectivity index (χ3n) is 5.55. The molecule has 2 aliphatic heterocycles. The normalized spacial score (nSPS) is 18.4. The molecule has 2 saturated heterocycles. The standard InChI is InChI=1S/C21H27N3O3/c1-2-3-4-5-12-24-16-21(27-20(24)26)10-13-23(14-11-21)19(25)18-8-6-17(15-22)7-9-18/h6-9H,2-5,10-14,16H2,1H3. The molecule has 2 aliphatic rings. The van der Waals surface area contributed by atoms with E-state index in [1.165, 1.54) is 12.8 Å². The summed E-state index contributed by atoms with van der Waals surface area (Å²) >= 11 is 0. The maximum Gasteiger partial charge on any atom is 0.410 e. The Hall–Kier alpha value is -2.55. The summed E-state index contributed by atoms with van der Waals surface area (Å²) in [5.74, 6) is -0.0323. The third kappa shape index (κ3) is 4.41. The zero-order valence-corrected chi connectivity index (χ0v) is 15.9. The Labute approximate surface area is 160 Å². The fraction of sp³-hybridized carbons (Fsp3) is 0.571. The van der Waals surface area contributed by atoms with Crippen LogP contribution in [0.4, 0.5) is 4.79 Å². The molecule has 0 atom stereocenters. The van der Waals surface area contributed by atoms with E-state index >= 15 is 0 Å². The Morgan fingerprint density at radius 3 is 2.52 bits per heavy atom. The van der Waals surface area contributed by atoms with Crippen LogP contribution in [0.5, 0.6) is 0 Å². The predicted molar refractivity (Wildman–Crippen MR) is 101 cm³/mol. The van der Waals surface area contributed by atoms with Gasteiger partial charge in [0.2, 0.25) is 0 Å². The van der Waals surface area contributed by atoms with Gasteiger partial charge in [0.1, 0.15) is 5.60 Å². The van der Waals surface area contributed by atoms with Crippen LogP contribution in [0.3, 0.4) is 0 Å². The Kier molecular flexibility index (Phi) is 6.00. The fourth-order valence-electron chi connectivity index (χ4n) is 3.84. The quantitative estimate of drug-likeness (QED) is 0.719. The van der Waals surface area contributed by atoms with Crippen LogP contribution >= 0.6 is 0 Å². The predicted octanol–water partition coefficient (Wildman–Crippen LogP) is 3.57. The van der Waals surface area contributed by atoms with Crippen molar-refractivity contribution in [1.29, 1.82) is 5.26 Å². The summed E-state index contributed by atoms with van der Waals surface area (Å²) in [5, 5.41) is 8.87. The van der Waals surface area contributed by atoms with Crippen molar-refractivity contribution in [3.63, 3.8) is 0 Å². The summed E-state index contributed by atoms with van der Waals surface area (Å²) in [5.41, 5.74) is 0.690. The molecule has 1 aromatic carbocycles. The average Bonchev–Trinajstić information content (AvgIpc) is 3.00. The van der Waals surface area contributed by atoms with Crippen LogP contribution in [-0.4, -0.2) is 53.6 Å². The number of benzene rings is 1. The van der Waals surface area contributed by atoms with Gasteiger partial charge < -0.3 is 14.5 Å². The Bertz CT molecular complexity index is 715. The van der Waals surface area contributed by atoms with E-state index in [4.69, 9.17) is 10.00 Å². The highest BCUT2D eigenvalue weighted by Crippen LogP contribution is 2.33. The van der Waals surface area contributed by atoms with Crippen molar-refractivity contribution >= 4 is 12.0 Å². The molecule has 1 spiro atoms. The van der Waals surface area contributed by atoms with Crippen LogP contribution in [0.25, 0.3) is 0 Å². The second-order valence-electron chi connectivity index (χ2n) is 7.51. The van der Waals surface area contributed by atoms with Gasteiger partial charge in [0.15, 0.2) is 0 Å². The number of amides is 2. The highest BCUT2D eigenvalue weighted by molar-refractivity contribution is 5.94. The lowest BCUT2D eigenvalue weighted by Crippen LogP contribution is -2.48. The minimum atomic E-state index is -0.441. The largest absolute Gasteiger partial charge is 0.441 e. The van der Waals surface area contributed by atoms with Crippen molar-refractivity contribution in [2.45, 2.75) is 51.0 Å². The van der Waals surface area contributed by atoms with E-state index in [9.17, 15) is 9.59 Å². The first-order valence-corrected chi connectivity index (χ1v) is 9.84. The summed E-state index contributed by atoms with van der Waals surface area (Å²) < 4.78 is 5.74. The van der Waals surface area contributed by atoms with Crippen LogP contribution in [0.15, 0.2) is 24.3 Å². The Balaban J connectivity index is 1.53. The van der Waals surface area contributed by atoms with Crippen LogP contribution in [0.2, 0.25) is 0 Å². The second-order valence-corrected chi connectivity index (χ2v) is 7.51. The molecule has 6 nitrogen and oxygen atoms in total. The number of hydrogen-bond donors (Lipinski definition) is 0. The number of hydrogen-bond acceptors (Lipinski definition) is 4. The summed E-state index contributed by atoms with van der Waals surface area (Å²) in [4.78, 5) is 28.5. The molecule has 6 heteroatoms. The summed E-state index contributed by atoms with van der Waals surface area (Å²) in [6.07, 6.45) is 5.66. The van der Waals surface area contributed by atoms with E-state index in [2.05, 4.69) is 13.0 Å². The molecule has 2 heterocycles. The minimum absolute atomic E-state index is 0.0323. The van der Waals surface area contributed by atoms with Crippen molar-refractivity contribution in [3.8, 4) is 6.07 Å². The number of unbranched alkanes of at least 4 members (excludes halogenated alkanes) is 3. The maximum atomic E-state index is 12.7. The van der Waals surface area contributed by atoms with Crippen molar-refractivity contribution in [1.82, 2.24) is 9.80 Å². The Morgan fingerprint density at radius 1 is 1.19 bits per heavy atom. The lowest BCUT2D eigenvalue weighted by Gasteiger charge is -2.37. The number of nitrogens with zero attached hydrogens (tertiary/aromatic N) is 3. The zero-order valence-electron chi connectivity index (χ0n) is 15.9. The van der Waals surface area contributed by atoms with E-state index in [1.54, 1.807) is 24.3 Å². The number of carbonyl (C=O) groups is 2. The van der Waals surface area contributed by atoms with Crippen molar-refractivity contribution in [2.24, 2.45) is 0 Å². The molecule has 27 heavy (non-hydrogen) atoms. The van der Waals surface area contributed by atoms with Gasteiger partial charge in [-0.05, 0) is 30.7 Å². The molecule has 0 N–H and O–H groups in total. The number of likely N-dealkylation sites (tertiary alicyclic amines) is 1. The van der Waals surface area contributed by atoms with Gasteiger partial charge in [-0.25, -0.2) is 4.79 Å². The zero-order chi connectivity index (χ0) is 19.3. The maximum absolute atomic E-state index is 12.7. The topological polar surface area (TPSA) is 73.6 Å². The first-order valence-electron chi connectivity index (χ1n) is 9.84. The lowest BCUT2D eigenvalue weighted by atomic mass is 9.91. The molecule has 3 rings (SSSR count). The van der Waals surface area contributed by atoms with E-state index < -0.39 is 5.60 Å². The first kappa shape index (κ1) is 19.2. The number of nitriles is 1. The second kappa shape index (κ2) is 8.43. The van der Waals surface area contributed by atoms with Gasteiger partial charge in [-0.15, -0.1) is 0 Å². The molecule has 1 aromatic rings. The highest BCUT2D eigenvalue weighted by atomic mass is 16.6. The number of piperidine rings is 1. The first-order chi connectivity index (χ1) is 13.1. The minimum Gasteiger partial charge on any atom is -0.441 e. The third-order valence-corrected chi connectivity index (χ3v) is 5.55. The van der Waals surface area contributed by atoms with Crippen LogP contribution in [0.1, 0.15) is 61.4 Å². The van der Waals surface area contributed by atoms with Gasteiger partial charge in [0.25, 0.3) is 5.91 Å². The number of carbonyl (C=O) groups excluding carboxylic acids is 2. The molecule has 0 saturated carbocycles. The molecule has 0 aromatic heterocycles. The monoisotopic (exact) mass is 369 g/mol. The SMILES string of the molecule is CCCCCCN1CC2(CCN(C(=O)c3ccc(C#N)cc3)CC2)OC1=O. The van der Waals surface area contributed by atoms with Gasteiger partial charge in [0.05, 0.1) is 18.2 Å². The summed E-state index contributed by atoms with van der Waals surface area (Å²) in [6, 6.07) is 8.77. The number of rotatable bonds is 6. The van der Waals surface area contributed by atoms with Crippen molar-refractivity contribution in [3.05, 3.63) is 35.4 Å². The van der Waals surface area contributed by atoms with Gasteiger partial charge in [-0.2, -0.15) is 5.26 Å². The van der Waals surface area contributed by atoms with Gasteiger partial charge >= 0.3 is 6.09 Å². The summed E-state index contributed by atoms with van der Waals surface area (Å²) in [6.45, 7) is 4.73. The van der Waals surface area contributed by atoms with Crippen molar-refractivity contribution in [2.75, 3.05) is 26.2 Å². The van der Waals surface area contributed by atoms with Crippen LogP contribution in [-0.2, 0) is 4.74 Å². The van der Waals surface area contributed by atoms with Crippen LogP contribution < -0.4 is 0 Å². The smallest absolute Gasteiger partial charge is 0.410 e. The molecule has 144 valence electrons. The van der Waals surface area contributed by atoms with E-state index in [0.717, 1.165) is 19.4 Å². The van der Waals surface area contributed by atoms with Gasteiger partial charge in [0, 0.05) is 38.0 Å². The molecule has 0 aliphatic carbocycles. The molecular weight excluding hydrogens is 342 g/mol. The van der Waals surface area contributed by atoms with Gasteiger partial charge in [-0.3, -0.25) is 4.79 Å². The average molecular weight is 369 g/mol. The highest BCUT2D eigenvalue weighted by Gasteiger charge is 2.47. The lowest BCUT2D eigenvalue weighted by molar-refractivity contribution is 0.00313. The number of ether oxygens (including phenoxy) is 1. The van der Waals surface area contributed by atoms with Crippen LogP contribution in [0, 0.1) is 11.3 Å². The van der Waals surface area contributed by atoms with E-state index in [0.29, 0.717) is 43.6 Å². The molecule has 0 unspecified atom stereocenters. The molecule has 0 bridgehead atoms. The molecule has 2 fully saturated rings. The fourth-order valence-corrected chi connectivity index (χ4v) is 3.84. The van der Waals surface area contributed by atoms with E-state index in [-0.39, 0.29) is 12.0 Å². The molecule has 0 radical (unpaired) electrons. The molecule has 2 amide bonds. The Morgan fingerprint density at radius 2 is 1.89 bits per heavy atom. The summed E-state index contributed by atoms with van der Waals surface area (Å²) in [7, 11) is 0.